The summed E-state index contributed by atoms with van der Waals surface area (Å²) in [5.41, 5.74) is 1.51. The Morgan fingerprint density at radius 2 is 2.00 bits per heavy atom. The summed E-state index contributed by atoms with van der Waals surface area (Å²) in [6.45, 7) is 9.39. The minimum atomic E-state index is 0.155. The van der Waals surface area contributed by atoms with E-state index in [2.05, 4.69) is 40.4 Å². The van der Waals surface area contributed by atoms with Crippen LogP contribution in [0, 0.1) is 10.8 Å². The molecule has 0 N–H and O–H groups in total. The minimum absolute atomic E-state index is 0.155. The number of benzene rings is 1. The fraction of sp³-hybridized carbons (Fsp3) is 0.640. The van der Waals surface area contributed by atoms with Crippen LogP contribution in [0.1, 0.15) is 52.9 Å². The maximum atomic E-state index is 13.3. The van der Waals surface area contributed by atoms with E-state index in [0.29, 0.717) is 28.8 Å². The molecule has 2 saturated heterocycles. The second-order valence-electron chi connectivity index (χ2n) is 11.1. The Labute approximate surface area is 205 Å². The van der Waals surface area contributed by atoms with Gasteiger partial charge in [0, 0.05) is 29.8 Å². The van der Waals surface area contributed by atoms with Crippen molar-refractivity contribution in [1.82, 2.24) is 19.7 Å². The molecule has 2 aromatic rings. The molecule has 3 fully saturated rings. The first-order chi connectivity index (χ1) is 15.7. The van der Waals surface area contributed by atoms with E-state index >= 15 is 0 Å². The largest absolute Gasteiger partial charge is 0.376 e. The van der Waals surface area contributed by atoms with Crippen LogP contribution in [0.2, 0.25) is 5.02 Å². The van der Waals surface area contributed by atoms with Gasteiger partial charge in [-0.05, 0) is 67.2 Å². The van der Waals surface area contributed by atoms with Crippen LogP contribution in [0.25, 0.3) is 11.4 Å². The zero-order valence-corrected chi connectivity index (χ0v) is 21.3. The SMILES string of the molecule is CC1(C)C[C@H]2C[C@@](C)(CN2C(=O)CSc2nnc(-c3ccc(Cl)cc3)n2C[C@@H]2CCCO2)C1. The number of hydrogen-bond donors (Lipinski definition) is 0. The first-order valence-corrected chi connectivity index (χ1v) is 13.3. The fourth-order valence-electron chi connectivity index (χ4n) is 6.33. The fourth-order valence-corrected chi connectivity index (χ4v) is 7.29. The highest BCUT2D eigenvalue weighted by atomic mass is 35.5. The molecule has 33 heavy (non-hydrogen) atoms. The molecule has 1 saturated carbocycles. The molecule has 1 amide bonds. The molecular weight excluding hydrogens is 456 g/mol. The summed E-state index contributed by atoms with van der Waals surface area (Å²) >= 11 is 7.58. The van der Waals surface area contributed by atoms with Crippen LogP contribution >= 0.6 is 23.4 Å². The van der Waals surface area contributed by atoms with Crippen molar-refractivity contribution in [3.8, 4) is 11.4 Å². The summed E-state index contributed by atoms with van der Waals surface area (Å²) in [7, 11) is 0. The third-order valence-electron chi connectivity index (χ3n) is 7.29. The summed E-state index contributed by atoms with van der Waals surface area (Å²) in [6, 6.07) is 8.02. The number of carbonyl (C=O) groups excluding carboxylic acids is 1. The zero-order valence-electron chi connectivity index (χ0n) is 19.7. The van der Waals surface area contributed by atoms with Crippen LogP contribution in [0.5, 0.6) is 0 Å². The van der Waals surface area contributed by atoms with Gasteiger partial charge in [0.2, 0.25) is 5.91 Å². The van der Waals surface area contributed by atoms with Crippen LogP contribution in [-0.2, 0) is 16.1 Å². The number of aromatic nitrogens is 3. The van der Waals surface area contributed by atoms with E-state index < -0.39 is 0 Å². The maximum Gasteiger partial charge on any atom is 0.233 e. The van der Waals surface area contributed by atoms with Crippen molar-refractivity contribution in [2.75, 3.05) is 18.9 Å². The van der Waals surface area contributed by atoms with Crippen molar-refractivity contribution < 1.29 is 9.53 Å². The van der Waals surface area contributed by atoms with Gasteiger partial charge in [0.1, 0.15) is 0 Å². The van der Waals surface area contributed by atoms with Crippen molar-refractivity contribution in [2.45, 2.75) is 76.7 Å². The molecule has 0 spiro atoms. The molecular formula is C25H33ClN4O2S. The van der Waals surface area contributed by atoms with Gasteiger partial charge in [-0.1, -0.05) is 44.1 Å². The molecule has 1 aliphatic carbocycles. The van der Waals surface area contributed by atoms with E-state index in [1.54, 1.807) is 0 Å². The van der Waals surface area contributed by atoms with Gasteiger partial charge < -0.3 is 9.64 Å². The Kier molecular flexibility index (Phi) is 6.25. The first kappa shape index (κ1) is 23.2. The van der Waals surface area contributed by atoms with Gasteiger partial charge in [-0.3, -0.25) is 9.36 Å². The lowest BCUT2D eigenvalue weighted by Gasteiger charge is -2.39. The Balaban J connectivity index is 1.33. The van der Waals surface area contributed by atoms with E-state index in [-0.39, 0.29) is 17.4 Å². The average Bonchev–Trinajstić information content (AvgIpc) is 3.45. The molecule has 1 aromatic carbocycles. The monoisotopic (exact) mass is 488 g/mol. The van der Waals surface area contributed by atoms with Gasteiger partial charge in [-0.25, -0.2) is 0 Å². The van der Waals surface area contributed by atoms with Gasteiger partial charge in [0.15, 0.2) is 11.0 Å². The maximum absolute atomic E-state index is 13.3. The summed E-state index contributed by atoms with van der Waals surface area (Å²) in [5, 5.41) is 10.4. The van der Waals surface area contributed by atoms with Crippen LogP contribution < -0.4 is 0 Å². The van der Waals surface area contributed by atoms with Gasteiger partial charge in [0.25, 0.3) is 0 Å². The molecule has 3 heterocycles. The second-order valence-corrected chi connectivity index (χ2v) is 12.5. The average molecular weight is 489 g/mol. The highest BCUT2D eigenvalue weighted by Gasteiger charge is 2.50. The highest BCUT2D eigenvalue weighted by Crippen LogP contribution is 2.52. The number of amides is 1. The Morgan fingerprint density at radius 3 is 2.73 bits per heavy atom. The van der Waals surface area contributed by atoms with E-state index in [9.17, 15) is 4.79 Å². The van der Waals surface area contributed by atoms with E-state index in [4.69, 9.17) is 16.3 Å². The number of ether oxygens (including phenoxy) is 1. The number of rotatable bonds is 6. The molecule has 2 bridgehead atoms. The molecule has 178 valence electrons. The lowest BCUT2D eigenvalue weighted by molar-refractivity contribution is -0.129. The lowest BCUT2D eigenvalue weighted by atomic mass is 9.65. The summed E-state index contributed by atoms with van der Waals surface area (Å²) in [4.78, 5) is 15.4. The van der Waals surface area contributed by atoms with Crippen molar-refractivity contribution in [3.05, 3.63) is 29.3 Å². The number of carbonyl (C=O) groups is 1. The molecule has 0 radical (unpaired) electrons. The van der Waals surface area contributed by atoms with Gasteiger partial charge in [-0.2, -0.15) is 0 Å². The smallest absolute Gasteiger partial charge is 0.233 e. The van der Waals surface area contributed by atoms with Crippen LogP contribution in [0.15, 0.2) is 29.4 Å². The van der Waals surface area contributed by atoms with E-state index in [1.807, 2.05) is 24.3 Å². The summed E-state index contributed by atoms with van der Waals surface area (Å²) in [6.07, 6.45) is 5.67. The van der Waals surface area contributed by atoms with Crippen molar-refractivity contribution >= 4 is 29.3 Å². The third kappa shape index (κ3) is 4.96. The molecule has 5 rings (SSSR count). The quantitative estimate of drug-likeness (QED) is 0.516. The predicted octanol–water partition coefficient (Wildman–Crippen LogP) is 5.30. The normalized spacial score (nSPS) is 28.4. The van der Waals surface area contributed by atoms with E-state index in [0.717, 1.165) is 55.4 Å². The predicted molar refractivity (Wildman–Crippen MR) is 131 cm³/mol. The number of hydrogen-bond acceptors (Lipinski definition) is 5. The Hall–Kier alpha value is -1.57. The summed E-state index contributed by atoms with van der Waals surface area (Å²) < 4.78 is 8.01. The second kappa shape index (κ2) is 8.90. The third-order valence-corrected chi connectivity index (χ3v) is 8.49. The van der Waals surface area contributed by atoms with E-state index in [1.165, 1.54) is 18.2 Å². The van der Waals surface area contributed by atoms with Crippen molar-refractivity contribution in [2.24, 2.45) is 10.8 Å². The molecule has 8 heteroatoms. The zero-order chi connectivity index (χ0) is 23.2. The molecule has 3 aliphatic rings. The number of likely N-dealkylation sites (tertiary alicyclic amines) is 1. The Bertz CT molecular complexity index is 1020. The molecule has 6 nitrogen and oxygen atoms in total. The number of fused-ring (bicyclic) bond motifs is 2. The standard InChI is InChI=1S/C25H33ClN4O2S/c1-24(2)11-19-12-25(3,15-24)16-30(19)21(31)14-33-23-28-27-22(17-6-8-18(26)9-7-17)29(23)13-20-5-4-10-32-20/h6-9,19-20H,4-5,10-16H2,1-3H3/t19-,20-,25+/m0/s1. The van der Waals surface area contributed by atoms with Crippen molar-refractivity contribution in [3.63, 3.8) is 0 Å². The molecule has 2 aliphatic heterocycles. The number of halogens is 1. The lowest BCUT2D eigenvalue weighted by Crippen LogP contribution is -2.38. The highest BCUT2D eigenvalue weighted by molar-refractivity contribution is 7.99. The molecule has 3 atom stereocenters. The number of thioether (sulfide) groups is 1. The van der Waals surface area contributed by atoms with Gasteiger partial charge in [0.05, 0.1) is 18.4 Å². The van der Waals surface area contributed by atoms with Gasteiger partial charge in [-0.15, -0.1) is 10.2 Å². The van der Waals surface area contributed by atoms with Crippen LogP contribution in [-0.4, -0.2) is 56.6 Å². The first-order valence-electron chi connectivity index (χ1n) is 11.9. The minimum Gasteiger partial charge on any atom is -0.376 e. The van der Waals surface area contributed by atoms with Gasteiger partial charge >= 0.3 is 0 Å². The molecule has 0 unspecified atom stereocenters. The number of nitrogens with zero attached hydrogens (tertiary/aromatic N) is 4. The summed E-state index contributed by atoms with van der Waals surface area (Å²) in [5.74, 6) is 1.40. The van der Waals surface area contributed by atoms with Crippen LogP contribution in [0.4, 0.5) is 0 Å². The Morgan fingerprint density at radius 1 is 1.21 bits per heavy atom. The molecule has 1 aromatic heterocycles. The van der Waals surface area contributed by atoms with Crippen molar-refractivity contribution in [1.29, 1.82) is 0 Å². The topological polar surface area (TPSA) is 60.2 Å². The van der Waals surface area contributed by atoms with Crippen LogP contribution in [0.3, 0.4) is 0 Å².